The lowest BCUT2D eigenvalue weighted by Gasteiger charge is -2.11. The van der Waals surface area contributed by atoms with Crippen LogP contribution in [0.3, 0.4) is 0 Å². The predicted molar refractivity (Wildman–Crippen MR) is 68.1 cm³/mol. The molecule has 8 heteroatoms. The molecule has 1 fully saturated rings. The van der Waals surface area contributed by atoms with Gasteiger partial charge in [-0.15, -0.1) is 0 Å². The lowest BCUT2D eigenvalue weighted by Crippen LogP contribution is -2.34. The first-order chi connectivity index (χ1) is 9.00. The lowest BCUT2D eigenvalue weighted by atomic mass is 10.2. The molecular weight excluding hydrogens is 272 g/mol. The number of rotatable bonds is 5. The number of para-hydroxylation sites is 1. The maximum Gasteiger partial charge on any atom is 0.273 e. The number of hydrogen-bond acceptors (Lipinski definition) is 5. The van der Waals surface area contributed by atoms with Gasteiger partial charge in [0.05, 0.1) is 11.5 Å². The van der Waals surface area contributed by atoms with Gasteiger partial charge in [-0.2, -0.15) is 0 Å². The van der Waals surface area contributed by atoms with Crippen LogP contribution in [-0.4, -0.2) is 31.8 Å². The molecule has 1 unspecified atom stereocenters. The molecule has 1 aromatic rings. The first kappa shape index (κ1) is 13.9. The Balaban J connectivity index is 2.08. The number of sulfonamides is 1. The molecule has 0 spiro atoms. The summed E-state index contributed by atoms with van der Waals surface area (Å²) < 4.78 is 31.3. The SMILES string of the molecule is O=[N+]([O-])c1ccccc1CNS(=O)(=O)C1CCOC1. The normalized spacial score (nSPS) is 19.5. The highest BCUT2D eigenvalue weighted by atomic mass is 32.2. The smallest absolute Gasteiger partial charge is 0.273 e. The van der Waals surface area contributed by atoms with Crippen LogP contribution in [0.4, 0.5) is 5.69 Å². The lowest BCUT2D eigenvalue weighted by molar-refractivity contribution is -0.385. The molecule has 1 atom stereocenters. The summed E-state index contributed by atoms with van der Waals surface area (Å²) in [6.45, 7) is 0.513. The Morgan fingerprint density at radius 3 is 2.79 bits per heavy atom. The van der Waals surface area contributed by atoms with Gasteiger partial charge in [-0.3, -0.25) is 10.1 Å². The minimum Gasteiger partial charge on any atom is -0.380 e. The Labute approximate surface area is 110 Å². The molecule has 0 amide bonds. The van der Waals surface area contributed by atoms with Crippen molar-refractivity contribution < 1.29 is 18.1 Å². The number of nitrogens with one attached hydrogen (secondary N) is 1. The minimum atomic E-state index is -3.50. The van der Waals surface area contributed by atoms with E-state index >= 15 is 0 Å². The summed E-state index contributed by atoms with van der Waals surface area (Å²) in [6.07, 6.45) is 0.451. The fourth-order valence-corrected chi connectivity index (χ4v) is 3.17. The molecule has 1 aliphatic rings. The molecule has 2 rings (SSSR count). The highest BCUT2D eigenvalue weighted by molar-refractivity contribution is 7.90. The molecule has 0 aliphatic carbocycles. The highest BCUT2D eigenvalue weighted by Gasteiger charge is 2.29. The highest BCUT2D eigenvalue weighted by Crippen LogP contribution is 2.19. The molecule has 0 saturated carbocycles. The van der Waals surface area contributed by atoms with E-state index < -0.39 is 20.2 Å². The zero-order valence-electron chi connectivity index (χ0n) is 10.1. The minimum absolute atomic E-state index is 0.0873. The summed E-state index contributed by atoms with van der Waals surface area (Å²) in [5.41, 5.74) is 0.253. The van der Waals surface area contributed by atoms with Crippen LogP contribution in [0, 0.1) is 10.1 Å². The van der Waals surface area contributed by atoms with Gasteiger partial charge in [-0.1, -0.05) is 18.2 Å². The first-order valence-electron chi connectivity index (χ1n) is 5.79. The molecule has 1 heterocycles. The standard InChI is InChI=1S/C11H14N2O5S/c14-13(15)11-4-2-1-3-9(11)7-12-19(16,17)10-5-6-18-8-10/h1-4,10,12H,5-8H2. The van der Waals surface area contributed by atoms with Crippen LogP contribution >= 0.6 is 0 Å². The Morgan fingerprint density at radius 1 is 1.42 bits per heavy atom. The average molecular weight is 286 g/mol. The quantitative estimate of drug-likeness (QED) is 0.637. The van der Waals surface area contributed by atoms with Crippen molar-refractivity contribution in [2.24, 2.45) is 0 Å². The van der Waals surface area contributed by atoms with Gasteiger partial charge in [-0.25, -0.2) is 13.1 Å². The van der Waals surface area contributed by atoms with Crippen molar-refractivity contribution >= 4 is 15.7 Å². The zero-order chi connectivity index (χ0) is 13.9. The van der Waals surface area contributed by atoms with E-state index in [1.165, 1.54) is 12.1 Å². The van der Waals surface area contributed by atoms with Gasteiger partial charge in [-0.05, 0) is 6.42 Å². The number of nitro groups is 1. The molecule has 7 nitrogen and oxygen atoms in total. The van der Waals surface area contributed by atoms with Crippen molar-refractivity contribution in [3.8, 4) is 0 Å². The van der Waals surface area contributed by atoms with Crippen LogP contribution in [-0.2, 0) is 21.3 Å². The molecule has 19 heavy (non-hydrogen) atoms. The van der Waals surface area contributed by atoms with E-state index in [9.17, 15) is 18.5 Å². The van der Waals surface area contributed by atoms with Crippen LogP contribution in [0.25, 0.3) is 0 Å². The zero-order valence-corrected chi connectivity index (χ0v) is 10.9. The van der Waals surface area contributed by atoms with Crippen LogP contribution < -0.4 is 4.72 Å². The van der Waals surface area contributed by atoms with E-state index in [2.05, 4.69) is 4.72 Å². The molecule has 0 aromatic heterocycles. The third kappa shape index (κ3) is 3.28. The molecule has 1 aromatic carbocycles. The second kappa shape index (κ2) is 5.64. The summed E-state index contributed by atoms with van der Waals surface area (Å²) in [6, 6.07) is 6.06. The maximum atomic E-state index is 11.9. The van der Waals surface area contributed by atoms with Crippen molar-refractivity contribution in [2.75, 3.05) is 13.2 Å². The van der Waals surface area contributed by atoms with E-state index in [0.717, 1.165) is 0 Å². The third-order valence-corrected chi connectivity index (χ3v) is 4.78. The largest absolute Gasteiger partial charge is 0.380 e. The summed E-state index contributed by atoms with van der Waals surface area (Å²) in [7, 11) is -3.50. The van der Waals surface area contributed by atoms with Gasteiger partial charge in [0.2, 0.25) is 10.0 Å². The average Bonchev–Trinajstić information content (AvgIpc) is 2.91. The van der Waals surface area contributed by atoms with Crippen LogP contribution in [0.2, 0.25) is 0 Å². The summed E-state index contributed by atoms with van der Waals surface area (Å²) in [5.74, 6) is 0. The van der Waals surface area contributed by atoms with E-state index in [-0.39, 0.29) is 18.8 Å². The predicted octanol–water partition coefficient (Wildman–Crippen LogP) is 0.803. The topological polar surface area (TPSA) is 98.5 Å². The van der Waals surface area contributed by atoms with Gasteiger partial charge in [0.15, 0.2) is 0 Å². The second-order valence-corrected chi connectivity index (χ2v) is 6.28. The van der Waals surface area contributed by atoms with Gasteiger partial charge >= 0.3 is 0 Å². The summed E-state index contributed by atoms with van der Waals surface area (Å²) in [4.78, 5) is 10.3. The Morgan fingerprint density at radius 2 is 2.16 bits per heavy atom. The van der Waals surface area contributed by atoms with Gasteiger partial charge in [0, 0.05) is 24.8 Å². The van der Waals surface area contributed by atoms with Crippen molar-refractivity contribution in [3.05, 3.63) is 39.9 Å². The van der Waals surface area contributed by atoms with E-state index in [0.29, 0.717) is 18.6 Å². The molecule has 1 saturated heterocycles. The molecule has 104 valence electrons. The van der Waals surface area contributed by atoms with E-state index in [4.69, 9.17) is 4.74 Å². The molecule has 0 bridgehead atoms. The van der Waals surface area contributed by atoms with Crippen LogP contribution in [0.5, 0.6) is 0 Å². The summed E-state index contributed by atoms with van der Waals surface area (Å²) >= 11 is 0. The fraction of sp³-hybridized carbons (Fsp3) is 0.455. The van der Waals surface area contributed by atoms with Crippen LogP contribution in [0.15, 0.2) is 24.3 Å². The van der Waals surface area contributed by atoms with Crippen LogP contribution in [0.1, 0.15) is 12.0 Å². The fourth-order valence-electron chi connectivity index (χ4n) is 1.89. The van der Waals surface area contributed by atoms with Crippen molar-refractivity contribution in [2.45, 2.75) is 18.2 Å². The van der Waals surface area contributed by atoms with E-state index in [1.54, 1.807) is 12.1 Å². The Hall–Kier alpha value is -1.51. The number of nitro benzene ring substituents is 1. The monoisotopic (exact) mass is 286 g/mol. The third-order valence-electron chi connectivity index (χ3n) is 2.98. The molecule has 0 radical (unpaired) electrons. The maximum absolute atomic E-state index is 11.9. The molecule has 1 aliphatic heterocycles. The van der Waals surface area contributed by atoms with E-state index in [1.807, 2.05) is 0 Å². The molecular formula is C11H14N2O5S. The number of hydrogen-bond donors (Lipinski definition) is 1. The van der Waals surface area contributed by atoms with Gasteiger partial charge in [0.1, 0.15) is 5.25 Å². The molecule has 1 N–H and O–H groups in total. The Kier molecular flexibility index (Phi) is 4.13. The second-order valence-electron chi connectivity index (χ2n) is 4.24. The number of ether oxygens (including phenoxy) is 1. The number of nitrogens with zero attached hydrogens (tertiary/aromatic N) is 1. The summed E-state index contributed by atoms with van der Waals surface area (Å²) in [5, 5.41) is 10.2. The van der Waals surface area contributed by atoms with Crippen molar-refractivity contribution in [1.29, 1.82) is 0 Å². The van der Waals surface area contributed by atoms with Gasteiger partial charge in [0.25, 0.3) is 5.69 Å². The first-order valence-corrected chi connectivity index (χ1v) is 7.34. The Bertz CT molecular complexity index is 566. The van der Waals surface area contributed by atoms with Crippen molar-refractivity contribution in [1.82, 2.24) is 4.72 Å². The number of benzene rings is 1. The van der Waals surface area contributed by atoms with Gasteiger partial charge < -0.3 is 4.74 Å². The van der Waals surface area contributed by atoms with Crippen molar-refractivity contribution in [3.63, 3.8) is 0 Å².